The summed E-state index contributed by atoms with van der Waals surface area (Å²) in [5.41, 5.74) is 4.95. The number of hydrogen-bond donors (Lipinski definition) is 1. The molecule has 2 saturated heterocycles. The zero-order valence-corrected chi connectivity index (χ0v) is 22.1. The van der Waals surface area contributed by atoms with Crippen LogP contribution >= 0.6 is 11.6 Å². The largest absolute Gasteiger partial charge is 0.342 e. The number of fused-ring (bicyclic) bond motifs is 1. The lowest BCUT2D eigenvalue weighted by Crippen LogP contribution is -2.44. The van der Waals surface area contributed by atoms with Crippen LogP contribution < -0.4 is 10.2 Å². The van der Waals surface area contributed by atoms with Gasteiger partial charge in [-0.3, -0.25) is 14.5 Å². The number of aliphatic imine (C=N–C) groups is 1. The second-order valence-electron chi connectivity index (χ2n) is 10.8. The highest BCUT2D eigenvalue weighted by Crippen LogP contribution is 2.48. The Labute approximate surface area is 218 Å². The summed E-state index contributed by atoms with van der Waals surface area (Å²) < 4.78 is 0. The van der Waals surface area contributed by atoms with Crippen molar-refractivity contribution in [2.45, 2.75) is 57.8 Å². The molecular weight excluding hydrogens is 472 g/mol. The summed E-state index contributed by atoms with van der Waals surface area (Å²) in [6.45, 7) is 9.77. The zero-order chi connectivity index (χ0) is 25.4. The van der Waals surface area contributed by atoms with Crippen molar-refractivity contribution < 1.29 is 9.59 Å². The van der Waals surface area contributed by atoms with Gasteiger partial charge >= 0.3 is 0 Å². The van der Waals surface area contributed by atoms with E-state index in [4.69, 9.17) is 11.6 Å². The number of rotatable bonds is 4. The van der Waals surface area contributed by atoms with Gasteiger partial charge in [-0.1, -0.05) is 29.8 Å². The lowest BCUT2D eigenvalue weighted by atomic mass is 9.81. The van der Waals surface area contributed by atoms with Crippen LogP contribution in [-0.2, 0) is 15.0 Å². The van der Waals surface area contributed by atoms with E-state index in [1.165, 1.54) is 5.56 Å². The summed E-state index contributed by atoms with van der Waals surface area (Å²) in [7, 11) is 0. The van der Waals surface area contributed by atoms with Crippen LogP contribution in [0.25, 0.3) is 0 Å². The fraction of sp³-hybridized carbons (Fsp3) is 0.483. The molecule has 7 heteroatoms. The molecule has 2 aromatic carbocycles. The lowest BCUT2D eigenvalue weighted by Gasteiger charge is -2.35. The molecule has 6 nitrogen and oxygen atoms in total. The molecule has 0 spiro atoms. The SMILES string of the molecule is Cc1c(Cl)cccc1N1C(=NC=O)C(C)(C)c2cc(C3CCN(C(=O)C4CCNCC4)CC3)ccc21. The van der Waals surface area contributed by atoms with Gasteiger partial charge in [0.25, 0.3) is 0 Å². The van der Waals surface area contributed by atoms with Crippen LogP contribution in [0.1, 0.15) is 62.1 Å². The van der Waals surface area contributed by atoms with E-state index in [1.54, 1.807) is 0 Å². The first-order chi connectivity index (χ1) is 17.3. The first kappa shape index (κ1) is 25.0. The number of hydrogen-bond acceptors (Lipinski definition) is 3. The fourth-order valence-electron chi connectivity index (χ4n) is 6.13. The van der Waals surface area contributed by atoms with Crippen molar-refractivity contribution in [1.29, 1.82) is 0 Å². The molecule has 0 atom stereocenters. The van der Waals surface area contributed by atoms with E-state index in [1.807, 2.05) is 25.1 Å². The van der Waals surface area contributed by atoms with Gasteiger partial charge in [0.1, 0.15) is 5.84 Å². The maximum atomic E-state index is 13.0. The Morgan fingerprint density at radius 3 is 2.50 bits per heavy atom. The first-order valence-corrected chi connectivity index (χ1v) is 13.4. The van der Waals surface area contributed by atoms with Crippen LogP contribution in [0.15, 0.2) is 41.4 Å². The maximum Gasteiger partial charge on any atom is 0.234 e. The highest BCUT2D eigenvalue weighted by Gasteiger charge is 2.43. The van der Waals surface area contributed by atoms with Gasteiger partial charge in [0.15, 0.2) is 0 Å². The Balaban J connectivity index is 1.41. The van der Waals surface area contributed by atoms with Gasteiger partial charge in [-0.05, 0) is 100 Å². The molecule has 2 fully saturated rings. The van der Waals surface area contributed by atoms with Gasteiger partial charge in [-0.2, -0.15) is 0 Å². The molecule has 3 aliphatic heterocycles. The van der Waals surface area contributed by atoms with E-state index < -0.39 is 5.41 Å². The van der Waals surface area contributed by atoms with Gasteiger partial charge in [0.2, 0.25) is 12.3 Å². The predicted molar refractivity (Wildman–Crippen MR) is 145 cm³/mol. The number of likely N-dealkylation sites (tertiary alicyclic amines) is 1. The number of nitrogens with zero attached hydrogens (tertiary/aromatic N) is 3. The van der Waals surface area contributed by atoms with E-state index in [-0.39, 0.29) is 5.92 Å². The summed E-state index contributed by atoms with van der Waals surface area (Å²) in [6.07, 6.45) is 4.48. The van der Waals surface area contributed by atoms with Crippen LogP contribution in [0.2, 0.25) is 5.02 Å². The Kier molecular flexibility index (Phi) is 6.92. The fourth-order valence-corrected chi connectivity index (χ4v) is 6.30. The van der Waals surface area contributed by atoms with Crippen molar-refractivity contribution in [3.05, 3.63) is 58.1 Å². The summed E-state index contributed by atoms with van der Waals surface area (Å²) in [5, 5.41) is 4.04. The maximum absolute atomic E-state index is 13.0. The zero-order valence-electron chi connectivity index (χ0n) is 21.4. The molecule has 0 aromatic heterocycles. The molecule has 2 aromatic rings. The molecule has 0 bridgehead atoms. The number of piperidine rings is 2. The predicted octanol–water partition coefficient (Wildman–Crippen LogP) is 5.34. The van der Waals surface area contributed by atoms with Crippen molar-refractivity contribution >= 4 is 41.1 Å². The molecule has 0 aliphatic carbocycles. The molecular formula is C29H35ClN4O2. The van der Waals surface area contributed by atoms with E-state index in [9.17, 15) is 9.59 Å². The van der Waals surface area contributed by atoms with Crippen LogP contribution in [0.3, 0.4) is 0 Å². The first-order valence-electron chi connectivity index (χ1n) is 13.0. The van der Waals surface area contributed by atoms with Crippen molar-refractivity contribution in [3.63, 3.8) is 0 Å². The molecule has 3 heterocycles. The summed E-state index contributed by atoms with van der Waals surface area (Å²) in [5.74, 6) is 1.64. The van der Waals surface area contributed by atoms with Gasteiger partial charge in [0, 0.05) is 24.0 Å². The third-order valence-electron chi connectivity index (χ3n) is 8.33. The standard InChI is InChI=1S/C29H35ClN4O2/c1-19-24(30)5-4-6-25(19)34-26-8-7-22(17-23(26)29(2,3)28(34)32-18-35)20-11-15-33(16-12-20)27(36)21-9-13-31-14-10-21/h4-8,17-18,20-21,31H,9-16H2,1-3H3. The van der Waals surface area contributed by atoms with Crippen LogP contribution in [0.4, 0.5) is 11.4 Å². The molecule has 190 valence electrons. The second kappa shape index (κ2) is 9.98. The average Bonchev–Trinajstić information content (AvgIpc) is 3.12. The minimum absolute atomic E-state index is 0.181. The van der Waals surface area contributed by atoms with Crippen LogP contribution in [0, 0.1) is 12.8 Å². The van der Waals surface area contributed by atoms with Crippen molar-refractivity contribution in [2.75, 3.05) is 31.1 Å². The van der Waals surface area contributed by atoms with Crippen LogP contribution in [-0.4, -0.2) is 49.2 Å². The molecule has 1 N–H and O–H groups in total. The number of benzene rings is 2. The summed E-state index contributed by atoms with van der Waals surface area (Å²) in [4.78, 5) is 33.0. The van der Waals surface area contributed by atoms with E-state index >= 15 is 0 Å². The van der Waals surface area contributed by atoms with Gasteiger partial charge in [0.05, 0.1) is 16.8 Å². The van der Waals surface area contributed by atoms with Gasteiger partial charge in [-0.15, -0.1) is 0 Å². The third kappa shape index (κ3) is 4.35. The topological polar surface area (TPSA) is 65.0 Å². The molecule has 0 unspecified atom stereocenters. The molecule has 5 rings (SSSR count). The summed E-state index contributed by atoms with van der Waals surface area (Å²) in [6, 6.07) is 12.5. The number of carbonyl (C=O) groups excluding carboxylic acids is 2. The minimum Gasteiger partial charge on any atom is -0.342 e. The highest BCUT2D eigenvalue weighted by molar-refractivity contribution is 6.32. The average molecular weight is 507 g/mol. The number of halogens is 1. The van der Waals surface area contributed by atoms with Crippen molar-refractivity contribution in [2.24, 2.45) is 10.9 Å². The van der Waals surface area contributed by atoms with E-state index in [2.05, 4.69) is 52.2 Å². The number of carbonyl (C=O) groups is 2. The number of amidine groups is 1. The smallest absolute Gasteiger partial charge is 0.234 e. The molecule has 3 aliphatic rings. The van der Waals surface area contributed by atoms with Gasteiger partial charge in [-0.25, -0.2) is 4.99 Å². The van der Waals surface area contributed by atoms with Crippen molar-refractivity contribution in [1.82, 2.24) is 10.2 Å². The quantitative estimate of drug-likeness (QED) is 0.568. The lowest BCUT2D eigenvalue weighted by molar-refractivity contribution is -0.137. The molecule has 36 heavy (non-hydrogen) atoms. The number of nitrogens with one attached hydrogen (secondary N) is 1. The Bertz CT molecular complexity index is 1190. The third-order valence-corrected chi connectivity index (χ3v) is 8.74. The number of anilines is 2. The van der Waals surface area contributed by atoms with Crippen molar-refractivity contribution in [3.8, 4) is 0 Å². The normalized spacial score (nSPS) is 21.6. The minimum atomic E-state index is -0.438. The van der Waals surface area contributed by atoms with Crippen LogP contribution in [0.5, 0.6) is 0 Å². The molecule has 0 saturated carbocycles. The number of amides is 2. The highest BCUT2D eigenvalue weighted by atomic mass is 35.5. The molecule has 0 radical (unpaired) electrons. The molecule has 2 amide bonds. The van der Waals surface area contributed by atoms with E-state index in [0.29, 0.717) is 29.1 Å². The Morgan fingerprint density at radius 1 is 1.08 bits per heavy atom. The summed E-state index contributed by atoms with van der Waals surface area (Å²) >= 11 is 6.46. The Hall–Kier alpha value is -2.70. The van der Waals surface area contributed by atoms with Gasteiger partial charge < -0.3 is 10.2 Å². The van der Waals surface area contributed by atoms with E-state index in [0.717, 1.165) is 74.4 Å². The monoisotopic (exact) mass is 506 g/mol. The second-order valence-corrected chi connectivity index (χ2v) is 11.2. The Morgan fingerprint density at radius 2 is 1.81 bits per heavy atom.